The minimum absolute atomic E-state index is 0.0570. The second-order valence-corrected chi connectivity index (χ2v) is 5.05. The van der Waals surface area contributed by atoms with Gasteiger partial charge in [-0.15, -0.1) is 0 Å². The van der Waals surface area contributed by atoms with Gasteiger partial charge in [0.2, 0.25) is 5.91 Å². The number of rotatable bonds is 4. The van der Waals surface area contributed by atoms with E-state index >= 15 is 0 Å². The first-order valence-electron chi connectivity index (χ1n) is 4.81. The lowest BCUT2D eigenvalue weighted by molar-refractivity contribution is -0.132. The number of hydrogen-bond acceptors (Lipinski definition) is 3. The minimum Gasteiger partial charge on any atom is -0.364 e. The summed E-state index contributed by atoms with van der Waals surface area (Å²) in [6.07, 6.45) is 0. The Hall–Kier alpha value is -0.610. The van der Waals surface area contributed by atoms with Crippen molar-refractivity contribution in [2.24, 2.45) is 5.73 Å². The van der Waals surface area contributed by atoms with Crippen LogP contribution in [0.3, 0.4) is 0 Å². The van der Waals surface area contributed by atoms with Gasteiger partial charge in [-0.05, 0) is 34.6 Å². The van der Waals surface area contributed by atoms with Crippen molar-refractivity contribution < 1.29 is 9.53 Å². The van der Waals surface area contributed by atoms with E-state index in [1.807, 2.05) is 34.6 Å². The maximum Gasteiger partial charge on any atom is 0.246 e. The van der Waals surface area contributed by atoms with E-state index in [4.69, 9.17) is 10.5 Å². The molecule has 0 aliphatic rings. The molecule has 1 amide bonds. The van der Waals surface area contributed by atoms with Gasteiger partial charge in [-0.3, -0.25) is 4.79 Å². The van der Waals surface area contributed by atoms with Crippen LogP contribution in [0.5, 0.6) is 0 Å². The molecule has 0 spiro atoms. The lowest BCUT2D eigenvalue weighted by Gasteiger charge is -2.25. The van der Waals surface area contributed by atoms with E-state index in [1.54, 1.807) is 0 Å². The van der Waals surface area contributed by atoms with Crippen LogP contribution in [0.1, 0.15) is 34.6 Å². The molecule has 0 rings (SSSR count). The molecule has 0 heterocycles. The predicted octanol–water partition coefficient (Wildman–Crippen LogP) is 0.655. The molecule has 3 N–H and O–H groups in total. The highest BCUT2D eigenvalue weighted by Crippen LogP contribution is 2.06. The second-order valence-electron chi connectivity index (χ2n) is 5.05. The summed E-state index contributed by atoms with van der Waals surface area (Å²) in [7, 11) is 0. The molecule has 0 aromatic heterocycles. The number of nitrogens with two attached hydrogens (primary N) is 1. The largest absolute Gasteiger partial charge is 0.364 e. The molecule has 0 aliphatic carbocycles. The van der Waals surface area contributed by atoms with Gasteiger partial charge in [-0.25, -0.2) is 0 Å². The maximum absolute atomic E-state index is 11.3. The molecule has 0 aromatic rings. The van der Waals surface area contributed by atoms with Crippen LogP contribution in [-0.2, 0) is 9.53 Å². The summed E-state index contributed by atoms with van der Waals surface area (Å²) >= 11 is 0. The van der Waals surface area contributed by atoms with E-state index in [0.717, 1.165) is 0 Å². The van der Waals surface area contributed by atoms with Gasteiger partial charge in [0.25, 0.3) is 0 Å². The second kappa shape index (κ2) is 4.75. The molecule has 14 heavy (non-hydrogen) atoms. The molecule has 0 radical (unpaired) electrons. The molecule has 0 saturated carbocycles. The summed E-state index contributed by atoms with van der Waals surface area (Å²) < 4.78 is 5.35. The van der Waals surface area contributed by atoms with Crippen LogP contribution >= 0.6 is 0 Å². The third-order valence-corrected chi connectivity index (χ3v) is 1.60. The van der Waals surface area contributed by atoms with Gasteiger partial charge in [0, 0.05) is 12.1 Å². The molecule has 0 bridgehead atoms. The van der Waals surface area contributed by atoms with Crippen molar-refractivity contribution in [2.75, 3.05) is 13.2 Å². The number of ether oxygens (including phenoxy) is 1. The highest BCUT2D eigenvalue weighted by Gasteiger charge is 2.19. The summed E-state index contributed by atoms with van der Waals surface area (Å²) in [5.41, 5.74) is 4.81. The first-order valence-corrected chi connectivity index (χ1v) is 4.81. The third kappa shape index (κ3) is 6.86. The fraction of sp³-hybridized carbons (Fsp3) is 0.900. The number of hydrogen-bond donors (Lipinski definition) is 2. The number of amides is 1. The zero-order chi connectivity index (χ0) is 11.4. The zero-order valence-corrected chi connectivity index (χ0v) is 9.81. The van der Waals surface area contributed by atoms with Crippen LogP contribution < -0.4 is 11.1 Å². The van der Waals surface area contributed by atoms with Gasteiger partial charge in [0.15, 0.2) is 0 Å². The molecule has 0 fully saturated rings. The average Bonchev–Trinajstić information content (AvgIpc) is 1.98. The van der Waals surface area contributed by atoms with E-state index in [0.29, 0.717) is 6.54 Å². The van der Waals surface area contributed by atoms with Gasteiger partial charge in [-0.1, -0.05) is 0 Å². The Morgan fingerprint density at radius 2 is 1.79 bits per heavy atom. The average molecular weight is 202 g/mol. The topological polar surface area (TPSA) is 64.3 Å². The molecule has 0 aliphatic heterocycles. The summed E-state index contributed by atoms with van der Waals surface area (Å²) in [6.45, 7) is 9.96. The quantitative estimate of drug-likeness (QED) is 0.703. The fourth-order valence-electron chi connectivity index (χ4n) is 0.774. The Balaban J connectivity index is 3.87. The predicted molar refractivity (Wildman–Crippen MR) is 57.0 cm³/mol. The first-order chi connectivity index (χ1) is 6.16. The van der Waals surface area contributed by atoms with Crippen LogP contribution in [0.25, 0.3) is 0 Å². The van der Waals surface area contributed by atoms with Gasteiger partial charge in [-0.2, -0.15) is 0 Å². The van der Waals surface area contributed by atoms with Crippen molar-refractivity contribution in [1.82, 2.24) is 5.32 Å². The van der Waals surface area contributed by atoms with Crippen LogP contribution in [0.4, 0.5) is 0 Å². The van der Waals surface area contributed by atoms with Crippen molar-refractivity contribution >= 4 is 5.91 Å². The van der Waals surface area contributed by atoms with Gasteiger partial charge < -0.3 is 15.8 Å². The van der Waals surface area contributed by atoms with E-state index in [9.17, 15) is 4.79 Å². The molecule has 4 nitrogen and oxygen atoms in total. The van der Waals surface area contributed by atoms with Crippen molar-refractivity contribution in [3.05, 3.63) is 0 Å². The summed E-state index contributed by atoms with van der Waals surface area (Å²) in [4.78, 5) is 11.3. The SMILES string of the molecule is CC(C)(C)NC(=O)COC(C)(C)CN. The van der Waals surface area contributed by atoms with E-state index in [1.165, 1.54) is 0 Å². The summed E-state index contributed by atoms with van der Waals surface area (Å²) in [6, 6.07) is 0. The highest BCUT2D eigenvalue weighted by molar-refractivity contribution is 5.77. The monoisotopic (exact) mass is 202 g/mol. The molecule has 4 heteroatoms. The summed E-state index contributed by atoms with van der Waals surface area (Å²) in [5, 5.41) is 2.81. The van der Waals surface area contributed by atoms with Crippen LogP contribution in [0.2, 0.25) is 0 Å². The molecular formula is C10H22N2O2. The van der Waals surface area contributed by atoms with Crippen molar-refractivity contribution in [3.8, 4) is 0 Å². The molecular weight excluding hydrogens is 180 g/mol. The number of carbonyl (C=O) groups excluding carboxylic acids is 1. The Morgan fingerprint density at radius 1 is 1.29 bits per heavy atom. The van der Waals surface area contributed by atoms with Crippen molar-refractivity contribution in [3.63, 3.8) is 0 Å². The minimum atomic E-state index is -0.435. The lowest BCUT2D eigenvalue weighted by Crippen LogP contribution is -2.45. The third-order valence-electron chi connectivity index (χ3n) is 1.60. The van der Waals surface area contributed by atoms with Crippen molar-refractivity contribution in [1.29, 1.82) is 0 Å². The van der Waals surface area contributed by atoms with Gasteiger partial charge in [0.05, 0.1) is 5.60 Å². The van der Waals surface area contributed by atoms with Crippen LogP contribution in [-0.4, -0.2) is 30.2 Å². The van der Waals surface area contributed by atoms with Crippen LogP contribution in [0, 0.1) is 0 Å². The normalized spacial score (nSPS) is 12.7. The summed E-state index contributed by atoms with van der Waals surface area (Å²) in [5.74, 6) is -0.112. The standard InChI is InChI=1S/C10H22N2O2/c1-9(2,3)12-8(13)6-14-10(4,5)7-11/h6-7,11H2,1-5H3,(H,12,13). The Labute approximate surface area is 86.2 Å². The molecule has 0 atom stereocenters. The van der Waals surface area contributed by atoms with Crippen molar-refractivity contribution in [2.45, 2.75) is 45.8 Å². The Kier molecular flexibility index (Phi) is 4.55. The van der Waals surface area contributed by atoms with Gasteiger partial charge >= 0.3 is 0 Å². The first kappa shape index (κ1) is 13.4. The lowest BCUT2D eigenvalue weighted by atomic mass is 10.1. The van der Waals surface area contributed by atoms with E-state index < -0.39 is 5.60 Å². The smallest absolute Gasteiger partial charge is 0.246 e. The van der Waals surface area contributed by atoms with Gasteiger partial charge in [0.1, 0.15) is 6.61 Å². The Bertz CT molecular complexity index is 195. The van der Waals surface area contributed by atoms with E-state index in [2.05, 4.69) is 5.32 Å². The number of nitrogens with one attached hydrogen (secondary N) is 1. The van der Waals surface area contributed by atoms with E-state index in [-0.39, 0.29) is 18.1 Å². The molecule has 0 unspecified atom stereocenters. The fourth-order valence-corrected chi connectivity index (χ4v) is 0.774. The number of carbonyl (C=O) groups is 1. The highest BCUT2D eigenvalue weighted by atomic mass is 16.5. The molecule has 0 saturated heterocycles. The molecule has 84 valence electrons. The molecule has 0 aromatic carbocycles. The zero-order valence-electron chi connectivity index (χ0n) is 9.81. The maximum atomic E-state index is 11.3. The Morgan fingerprint density at radius 3 is 2.14 bits per heavy atom. The van der Waals surface area contributed by atoms with Crippen LogP contribution in [0.15, 0.2) is 0 Å².